The fourth-order valence-corrected chi connectivity index (χ4v) is 1.70. The van der Waals surface area contributed by atoms with Crippen molar-refractivity contribution < 1.29 is 32.7 Å². The zero-order chi connectivity index (χ0) is 10.8. The zero-order valence-corrected chi connectivity index (χ0v) is 12.1. The fraction of sp³-hybridized carbons (Fsp3) is 0. The molecule has 0 N–H and O–H groups in total. The van der Waals surface area contributed by atoms with Gasteiger partial charge in [0.05, 0.1) is 0 Å². The number of fused-ring (bicyclic) bond motifs is 1. The van der Waals surface area contributed by atoms with Crippen LogP contribution in [0.1, 0.15) is 0 Å². The van der Waals surface area contributed by atoms with Crippen molar-refractivity contribution in [1.29, 1.82) is 0 Å². The first kappa shape index (κ1) is 12.4. The average Bonchev–Trinajstić information content (AvgIpc) is 2.39. The molecule has 0 saturated heterocycles. The summed E-state index contributed by atoms with van der Waals surface area (Å²) in [6, 6.07) is 22.4. The summed E-state index contributed by atoms with van der Waals surface area (Å²) in [7, 11) is 0. The molecule has 3 aromatic rings. The van der Waals surface area contributed by atoms with Gasteiger partial charge >= 0.3 is 0 Å². The topological polar surface area (TPSA) is 12.9 Å². The summed E-state index contributed by atoms with van der Waals surface area (Å²) < 4.78 is 0. The molecule has 79 valence electrons. The molecule has 1 nitrogen and oxygen atoms in total. The molecule has 1 heterocycles. The number of pyridine rings is 1. The van der Waals surface area contributed by atoms with Gasteiger partial charge < -0.3 is 4.98 Å². The van der Waals surface area contributed by atoms with Crippen LogP contribution in [0.3, 0.4) is 0 Å². The van der Waals surface area contributed by atoms with E-state index in [0.29, 0.717) is 0 Å². The van der Waals surface area contributed by atoms with Gasteiger partial charge in [0.25, 0.3) is 0 Å². The maximum absolute atomic E-state index is 4.41. The zero-order valence-electron chi connectivity index (χ0n) is 9.22. The van der Waals surface area contributed by atoms with Gasteiger partial charge in [-0.05, 0) is 5.52 Å². The number of nitrogens with zero attached hydrogens (tertiary/aromatic N) is 1. The van der Waals surface area contributed by atoms with Crippen LogP contribution in [0.15, 0.2) is 54.7 Å². The molecule has 0 saturated carbocycles. The molecule has 0 bridgehead atoms. The molecule has 0 amide bonds. The predicted molar refractivity (Wildman–Crippen MR) is 64.9 cm³/mol. The molecule has 1 radical (unpaired) electrons. The number of aromatic nitrogens is 1. The second-order valence-corrected chi connectivity index (χ2v) is 3.59. The molecule has 0 aliphatic carbocycles. The normalized spacial score (nSPS) is 9.88. The summed E-state index contributed by atoms with van der Waals surface area (Å²) in [6.45, 7) is 0. The second-order valence-electron chi connectivity index (χ2n) is 3.59. The first-order valence-corrected chi connectivity index (χ1v) is 5.18. The Morgan fingerprint density at radius 1 is 0.882 bits per heavy atom. The Balaban J connectivity index is 0.00000108. The molecule has 3 rings (SSSR count). The Bertz CT molecular complexity index is 620. The molecule has 0 aliphatic rings. The van der Waals surface area contributed by atoms with Crippen LogP contribution in [0, 0.1) is 12.1 Å². The van der Waals surface area contributed by atoms with Gasteiger partial charge in [0.1, 0.15) is 0 Å². The Morgan fingerprint density at radius 3 is 2.53 bits per heavy atom. The van der Waals surface area contributed by atoms with E-state index in [4.69, 9.17) is 0 Å². The first-order valence-electron chi connectivity index (χ1n) is 5.18. The molecule has 0 spiro atoms. The van der Waals surface area contributed by atoms with E-state index in [1.165, 1.54) is 0 Å². The third kappa shape index (κ3) is 2.62. The maximum Gasteiger partial charge on any atom is 0 e. The Morgan fingerprint density at radius 2 is 1.71 bits per heavy atom. The van der Waals surface area contributed by atoms with Gasteiger partial charge in [-0.25, -0.2) is 5.56 Å². The van der Waals surface area contributed by atoms with E-state index in [1.807, 2.05) is 54.7 Å². The molecular formula is C15H9NY-2. The minimum atomic E-state index is 0. The van der Waals surface area contributed by atoms with Crippen LogP contribution in [0.4, 0.5) is 0 Å². The summed E-state index contributed by atoms with van der Waals surface area (Å²) in [6.07, 6.45) is 1.84. The van der Waals surface area contributed by atoms with Crippen molar-refractivity contribution in [2.45, 2.75) is 0 Å². The summed E-state index contributed by atoms with van der Waals surface area (Å²) in [4.78, 5) is 4.41. The van der Waals surface area contributed by atoms with Gasteiger partial charge in [0, 0.05) is 32.7 Å². The van der Waals surface area contributed by atoms with E-state index in [1.54, 1.807) is 0 Å². The van der Waals surface area contributed by atoms with Crippen molar-refractivity contribution in [1.82, 2.24) is 4.98 Å². The molecular weight excluding hydrogens is 283 g/mol. The number of rotatable bonds is 1. The molecule has 0 atom stereocenters. The molecule has 2 heteroatoms. The molecule has 0 unspecified atom stereocenters. The van der Waals surface area contributed by atoms with Crippen molar-refractivity contribution in [3.05, 3.63) is 66.9 Å². The minimum Gasteiger partial charge on any atom is -0.343 e. The van der Waals surface area contributed by atoms with Gasteiger partial charge in [0.2, 0.25) is 0 Å². The maximum atomic E-state index is 4.41. The van der Waals surface area contributed by atoms with Crippen LogP contribution in [-0.2, 0) is 32.7 Å². The van der Waals surface area contributed by atoms with Crippen molar-refractivity contribution in [3.8, 4) is 11.1 Å². The Labute approximate surface area is 126 Å². The predicted octanol–water partition coefficient (Wildman–Crippen LogP) is 3.50. The van der Waals surface area contributed by atoms with Crippen LogP contribution in [0.2, 0.25) is 0 Å². The van der Waals surface area contributed by atoms with Crippen LogP contribution in [0.5, 0.6) is 0 Å². The Kier molecular flexibility index (Phi) is 4.03. The van der Waals surface area contributed by atoms with E-state index < -0.39 is 0 Å². The van der Waals surface area contributed by atoms with Crippen LogP contribution < -0.4 is 0 Å². The van der Waals surface area contributed by atoms with E-state index in [-0.39, 0.29) is 32.7 Å². The summed E-state index contributed by atoms with van der Waals surface area (Å²) in [5.74, 6) is 0. The van der Waals surface area contributed by atoms with Crippen LogP contribution >= 0.6 is 0 Å². The van der Waals surface area contributed by atoms with Crippen molar-refractivity contribution in [3.63, 3.8) is 0 Å². The van der Waals surface area contributed by atoms with Gasteiger partial charge in [-0.2, -0.15) is 35.9 Å². The van der Waals surface area contributed by atoms with Crippen molar-refractivity contribution in [2.24, 2.45) is 0 Å². The van der Waals surface area contributed by atoms with E-state index in [0.717, 1.165) is 22.0 Å². The number of para-hydroxylation sites is 1. The number of hydrogen-bond donors (Lipinski definition) is 0. The number of benzene rings is 2. The SMILES string of the molecule is [Y].[c-]1ccccc1-c1[c-]c2ccccc2nc1. The van der Waals surface area contributed by atoms with Gasteiger partial charge in [-0.3, -0.25) is 0 Å². The van der Waals surface area contributed by atoms with Crippen LogP contribution in [-0.4, -0.2) is 4.98 Å². The van der Waals surface area contributed by atoms with Crippen LogP contribution in [0.25, 0.3) is 22.0 Å². The molecule has 0 fully saturated rings. The quantitative estimate of drug-likeness (QED) is 0.626. The Hall–Kier alpha value is -1.05. The summed E-state index contributed by atoms with van der Waals surface area (Å²) in [5, 5.41) is 1.04. The van der Waals surface area contributed by atoms with E-state index >= 15 is 0 Å². The molecule has 1 aromatic heterocycles. The van der Waals surface area contributed by atoms with Gasteiger partial charge in [-0.1, -0.05) is 24.4 Å². The van der Waals surface area contributed by atoms with Gasteiger partial charge in [0.15, 0.2) is 0 Å². The van der Waals surface area contributed by atoms with Crippen molar-refractivity contribution >= 4 is 10.9 Å². The standard InChI is InChI=1S/C15H9N.Y/c1-2-6-12(7-3-1)14-10-13-8-4-5-9-15(13)16-11-14;/h1-6,8-9,11H;/q-2;. The third-order valence-corrected chi connectivity index (χ3v) is 2.51. The molecule has 2 aromatic carbocycles. The largest absolute Gasteiger partial charge is 0.343 e. The van der Waals surface area contributed by atoms with Crippen molar-refractivity contribution in [2.75, 3.05) is 0 Å². The fourth-order valence-electron chi connectivity index (χ4n) is 1.70. The summed E-state index contributed by atoms with van der Waals surface area (Å²) in [5.41, 5.74) is 2.99. The monoisotopic (exact) mass is 292 g/mol. The minimum absolute atomic E-state index is 0. The van der Waals surface area contributed by atoms with E-state index in [9.17, 15) is 0 Å². The smallest absolute Gasteiger partial charge is 0 e. The second kappa shape index (κ2) is 5.53. The first-order chi connectivity index (χ1) is 7.93. The molecule has 17 heavy (non-hydrogen) atoms. The van der Waals surface area contributed by atoms with Gasteiger partial charge in [-0.15, -0.1) is 17.5 Å². The third-order valence-electron chi connectivity index (χ3n) is 2.51. The van der Waals surface area contributed by atoms with E-state index in [2.05, 4.69) is 17.1 Å². The summed E-state index contributed by atoms with van der Waals surface area (Å²) >= 11 is 0. The average molecular weight is 292 g/mol. The number of hydrogen-bond acceptors (Lipinski definition) is 1. The molecule has 0 aliphatic heterocycles.